The maximum Gasteiger partial charge on any atom is 0.244 e. The lowest BCUT2D eigenvalue weighted by atomic mass is 9.91. The number of aliphatic imine (C=N–C) groups is 1. The Morgan fingerprint density at radius 1 is 1.12 bits per heavy atom. The van der Waals surface area contributed by atoms with E-state index in [1.165, 1.54) is 0 Å². The molecule has 0 saturated carbocycles. The SMILES string of the molecule is CCC(C)/C=C(\C=NC)c1ccc(-c2c3c(nn2C)CCc2cnc(Nc4ccn(CC(=O)N5CCCC5)n4)nc2-3)cc1. The second kappa shape index (κ2) is 12.3. The average molecular weight is 578 g/mol. The number of nitrogens with one attached hydrogen (secondary N) is 1. The number of nitrogens with zero attached hydrogens (tertiary/aromatic N) is 8. The van der Waals surface area contributed by atoms with E-state index >= 15 is 0 Å². The predicted octanol–water partition coefficient (Wildman–Crippen LogP) is 5.34. The highest BCUT2D eigenvalue weighted by atomic mass is 16.2. The number of carbonyl (C=O) groups excluding carboxylic acids is 1. The molecule has 4 aromatic rings. The van der Waals surface area contributed by atoms with Crippen LogP contribution in [0.3, 0.4) is 0 Å². The standard InChI is InChI=1S/C33H39N9O/c1-5-22(2)18-26(19-34-3)23-8-10-24(11-9-23)32-30-27(38-40(32)4)13-12-25-20-35-33(37-31(25)30)36-28-14-17-42(39-28)21-29(43)41-15-6-7-16-41/h8-11,14,17-20,22H,5-7,12-13,15-16,21H2,1-4H3,(H,35,36,37,39)/b26-18+,34-19?. The lowest BCUT2D eigenvalue weighted by Crippen LogP contribution is -2.31. The topological polar surface area (TPSA) is 106 Å². The highest BCUT2D eigenvalue weighted by Gasteiger charge is 2.27. The number of likely N-dealkylation sites (tertiary alicyclic amines) is 1. The zero-order valence-electron chi connectivity index (χ0n) is 25.4. The van der Waals surface area contributed by atoms with Gasteiger partial charge in [-0.25, -0.2) is 9.97 Å². The van der Waals surface area contributed by atoms with E-state index in [2.05, 4.69) is 64.6 Å². The minimum absolute atomic E-state index is 0.100. The van der Waals surface area contributed by atoms with Crippen LogP contribution < -0.4 is 5.32 Å². The summed E-state index contributed by atoms with van der Waals surface area (Å²) in [6, 6.07) is 10.5. The lowest BCUT2D eigenvalue weighted by Gasteiger charge is -2.17. The van der Waals surface area contributed by atoms with Crippen LogP contribution in [0.5, 0.6) is 0 Å². The fraction of sp³-hybridized carbons (Fsp3) is 0.394. The van der Waals surface area contributed by atoms with Crippen molar-refractivity contribution in [1.29, 1.82) is 0 Å². The van der Waals surface area contributed by atoms with Gasteiger partial charge in [0.05, 0.1) is 17.1 Å². The number of rotatable bonds is 9. The van der Waals surface area contributed by atoms with Gasteiger partial charge in [-0.05, 0) is 48.3 Å². The van der Waals surface area contributed by atoms with Crippen molar-refractivity contribution < 1.29 is 4.79 Å². The zero-order chi connectivity index (χ0) is 29.9. The highest BCUT2D eigenvalue weighted by molar-refractivity contribution is 6.09. The second-order valence-corrected chi connectivity index (χ2v) is 11.4. The first-order chi connectivity index (χ1) is 20.9. The predicted molar refractivity (Wildman–Crippen MR) is 170 cm³/mol. The van der Waals surface area contributed by atoms with Gasteiger partial charge in [0.15, 0.2) is 5.82 Å². The van der Waals surface area contributed by atoms with Gasteiger partial charge in [-0.1, -0.05) is 50.6 Å². The van der Waals surface area contributed by atoms with Crippen LogP contribution in [0.25, 0.3) is 28.1 Å². The van der Waals surface area contributed by atoms with Crippen molar-refractivity contribution in [2.75, 3.05) is 25.5 Å². The van der Waals surface area contributed by atoms with Gasteiger partial charge < -0.3 is 10.2 Å². The van der Waals surface area contributed by atoms with E-state index in [4.69, 9.17) is 10.1 Å². The lowest BCUT2D eigenvalue weighted by molar-refractivity contribution is -0.130. The molecule has 1 unspecified atom stereocenters. The number of carbonyl (C=O) groups is 1. The highest BCUT2D eigenvalue weighted by Crippen LogP contribution is 2.40. The molecular weight excluding hydrogens is 538 g/mol. The minimum atomic E-state index is 0.100. The average Bonchev–Trinajstić information content (AvgIpc) is 3.77. The summed E-state index contributed by atoms with van der Waals surface area (Å²) >= 11 is 0. The Kier molecular flexibility index (Phi) is 8.18. The van der Waals surface area contributed by atoms with Crippen LogP contribution in [0.1, 0.15) is 49.9 Å². The maximum absolute atomic E-state index is 12.6. The molecule has 4 heterocycles. The first-order valence-corrected chi connectivity index (χ1v) is 15.2. The molecule has 10 heteroatoms. The molecule has 222 valence electrons. The molecule has 6 rings (SSSR count). The fourth-order valence-corrected chi connectivity index (χ4v) is 5.89. The van der Waals surface area contributed by atoms with E-state index in [1.807, 2.05) is 48.4 Å². The van der Waals surface area contributed by atoms with E-state index < -0.39 is 0 Å². The number of hydrogen-bond acceptors (Lipinski definition) is 7. The molecule has 1 fully saturated rings. The number of aryl methyl sites for hydroxylation is 3. The Hall–Kier alpha value is -4.60. The molecule has 2 aliphatic rings. The van der Waals surface area contributed by atoms with Crippen LogP contribution in [-0.2, 0) is 31.2 Å². The van der Waals surface area contributed by atoms with Gasteiger partial charge in [-0.15, -0.1) is 0 Å². The van der Waals surface area contributed by atoms with Gasteiger partial charge in [0.2, 0.25) is 11.9 Å². The molecule has 0 radical (unpaired) electrons. The Morgan fingerprint density at radius 3 is 2.65 bits per heavy atom. The largest absolute Gasteiger partial charge is 0.341 e. The van der Waals surface area contributed by atoms with E-state index in [-0.39, 0.29) is 12.5 Å². The van der Waals surface area contributed by atoms with Crippen LogP contribution in [-0.4, -0.2) is 66.7 Å². The van der Waals surface area contributed by atoms with Crippen LogP contribution in [0.2, 0.25) is 0 Å². The van der Waals surface area contributed by atoms with Crippen molar-refractivity contribution in [3.63, 3.8) is 0 Å². The van der Waals surface area contributed by atoms with Crippen LogP contribution in [0.15, 0.2) is 53.8 Å². The van der Waals surface area contributed by atoms with E-state index in [1.54, 1.807) is 4.68 Å². The number of allylic oxidation sites excluding steroid dienone is 2. The molecule has 43 heavy (non-hydrogen) atoms. The van der Waals surface area contributed by atoms with Crippen molar-refractivity contribution >= 4 is 29.5 Å². The van der Waals surface area contributed by atoms with E-state index in [9.17, 15) is 4.79 Å². The summed E-state index contributed by atoms with van der Waals surface area (Å²) in [6.45, 7) is 6.32. The number of benzene rings is 1. The summed E-state index contributed by atoms with van der Waals surface area (Å²) in [4.78, 5) is 28.3. The number of aromatic nitrogens is 6. The molecular formula is C33H39N9O. The molecule has 1 aromatic carbocycles. The Balaban J connectivity index is 1.27. The Labute approximate surface area is 252 Å². The Bertz CT molecular complexity index is 1670. The summed E-state index contributed by atoms with van der Waals surface area (Å²) in [5.74, 6) is 1.64. The molecule has 1 amide bonds. The molecule has 1 saturated heterocycles. The first-order valence-electron chi connectivity index (χ1n) is 15.2. The van der Waals surface area contributed by atoms with Gasteiger partial charge in [0, 0.05) is 63.0 Å². The van der Waals surface area contributed by atoms with Crippen LogP contribution in [0, 0.1) is 5.92 Å². The van der Waals surface area contributed by atoms with Gasteiger partial charge in [-0.3, -0.25) is 19.2 Å². The van der Waals surface area contributed by atoms with Crippen LogP contribution >= 0.6 is 0 Å². The number of fused-ring (bicyclic) bond motifs is 3. The molecule has 1 aliphatic carbocycles. The van der Waals surface area contributed by atoms with Gasteiger partial charge >= 0.3 is 0 Å². The molecule has 1 aliphatic heterocycles. The summed E-state index contributed by atoms with van der Waals surface area (Å²) in [6.07, 6.45) is 12.8. The first kappa shape index (κ1) is 28.5. The summed E-state index contributed by atoms with van der Waals surface area (Å²) < 4.78 is 3.63. The Morgan fingerprint density at radius 2 is 1.91 bits per heavy atom. The zero-order valence-corrected chi connectivity index (χ0v) is 25.4. The fourth-order valence-electron chi connectivity index (χ4n) is 5.89. The van der Waals surface area contributed by atoms with E-state index in [0.717, 1.165) is 90.1 Å². The van der Waals surface area contributed by atoms with Crippen molar-refractivity contribution in [3.05, 3.63) is 65.6 Å². The molecule has 10 nitrogen and oxygen atoms in total. The quantitative estimate of drug-likeness (QED) is 0.269. The summed E-state index contributed by atoms with van der Waals surface area (Å²) in [5, 5.41) is 12.7. The number of anilines is 2. The third-order valence-corrected chi connectivity index (χ3v) is 8.36. The van der Waals surface area contributed by atoms with E-state index in [0.29, 0.717) is 17.7 Å². The minimum Gasteiger partial charge on any atom is -0.341 e. The second-order valence-electron chi connectivity index (χ2n) is 11.4. The smallest absolute Gasteiger partial charge is 0.244 e. The van der Waals surface area contributed by atoms with Crippen molar-refractivity contribution in [1.82, 2.24) is 34.4 Å². The third kappa shape index (κ3) is 6.00. The normalized spacial score (nSPS) is 15.5. The molecule has 1 atom stereocenters. The molecule has 3 aromatic heterocycles. The van der Waals surface area contributed by atoms with Crippen LogP contribution in [0.4, 0.5) is 11.8 Å². The van der Waals surface area contributed by atoms with Gasteiger partial charge in [-0.2, -0.15) is 10.2 Å². The molecule has 0 bridgehead atoms. The van der Waals surface area contributed by atoms with Crippen molar-refractivity contribution in [2.45, 2.75) is 52.5 Å². The summed E-state index contributed by atoms with van der Waals surface area (Å²) in [7, 11) is 3.81. The molecule has 0 spiro atoms. The molecule has 1 N–H and O–H groups in total. The van der Waals surface area contributed by atoms with Gasteiger partial charge in [0.25, 0.3) is 0 Å². The number of amides is 1. The monoisotopic (exact) mass is 577 g/mol. The maximum atomic E-state index is 12.6. The van der Waals surface area contributed by atoms with Crippen molar-refractivity contribution in [2.24, 2.45) is 18.0 Å². The number of hydrogen-bond donors (Lipinski definition) is 1. The van der Waals surface area contributed by atoms with Gasteiger partial charge in [0.1, 0.15) is 6.54 Å². The third-order valence-electron chi connectivity index (χ3n) is 8.36. The summed E-state index contributed by atoms with van der Waals surface area (Å²) in [5.41, 5.74) is 8.47. The van der Waals surface area contributed by atoms with Crippen molar-refractivity contribution in [3.8, 4) is 22.5 Å².